The highest BCUT2D eigenvalue weighted by atomic mass is 35.5. The van der Waals surface area contributed by atoms with Crippen LogP contribution in [0.4, 0.5) is 14.6 Å². The van der Waals surface area contributed by atoms with Gasteiger partial charge >= 0.3 is 0 Å². The second-order valence-electron chi connectivity index (χ2n) is 8.76. The van der Waals surface area contributed by atoms with Gasteiger partial charge in [-0.05, 0) is 74.8 Å². The summed E-state index contributed by atoms with van der Waals surface area (Å²) < 4.78 is 33.3. The highest BCUT2D eigenvalue weighted by molar-refractivity contribution is 6.31. The normalized spacial score (nSPS) is 13.6. The molecule has 1 saturated heterocycles. The van der Waals surface area contributed by atoms with Gasteiger partial charge in [0, 0.05) is 35.9 Å². The first-order chi connectivity index (χ1) is 17.4. The van der Waals surface area contributed by atoms with Crippen LogP contribution in [0.3, 0.4) is 0 Å². The van der Waals surface area contributed by atoms with E-state index in [1.54, 1.807) is 24.4 Å². The summed E-state index contributed by atoms with van der Waals surface area (Å²) in [4.78, 5) is 19.1. The lowest BCUT2D eigenvalue weighted by Gasteiger charge is -2.14. The number of nitrogens with two attached hydrogens (primary N) is 1. The van der Waals surface area contributed by atoms with Gasteiger partial charge in [-0.25, -0.2) is 13.8 Å². The number of benzene rings is 2. The Morgan fingerprint density at radius 1 is 1.08 bits per heavy atom. The summed E-state index contributed by atoms with van der Waals surface area (Å²) in [6.45, 7) is 4.00. The number of likely N-dealkylation sites (tertiary alicyclic amines) is 1. The van der Waals surface area contributed by atoms with Crippen molar-refractivity contribution in [1.29, 1.82) is 0 Å². The van der Waals surface area contributed by atoms with Crippen LogP contribution < -0.4 is 15.8 Å². The Labute approximate surface area is 214 Å². The number of carbonyl (C=O) groups is 1. The average molecular weight is 515 g/mol. The van der Waals surface area contributed by atoms with E-state index in [4.69, 9.17) is 22.1 Å². The van der Waals surface area contributed by atoms with E-state index in [1.165, 1.54) is 12.8 Å². The fourth-order valence-corrected chi connectivity index (χ4v) is 4.46. The molecule has 0 spiro atoms. The molecule has 1 fully saturated rings. The smallest absolute Gasteiger partial charge is 0.251 e. The summed E-state index contributed by atoms with van der Waals surface area (Å²) in [6.07, 6.45) is 5.13. The van der Waals surface area contributed by atoms with E-state index < -0.39 is 11.6 Å². The molecule has 0 saturated carbocycles. The van der Waals surface area contributed by atoms with Gasteiger partial charge in [-0.2, -0.15) is 0 Å². The van der Waals surface area contributed by atoms with Gasteiger partial charge in [-0.3, -0.25) is 4.79 Å². The van der Waals surface area contributed by atoms with E-state index in [-0.39, 0.29) is 35.3 Å². The van der Waals surface area contributed by atoms with Crippen molar-refractivity contribution in [2.45, 2.75) is 25.7 Å². The molecular weight excluding hydrogens is 486 g/mol. The Hall–Kier alpha value is -3.23. The van der Waals surface area contributed by atoms with E-state index >= 15 is 0 Å². The molecule has 4 rings (SSSR count). The van der Waals surface area contributed by atoms with Crippen LogP contribution in [0.2, 0.25) is 5.02 Å². The van der Waals surface area contributed by atoms with E-state index in [9.17, 15) is 13.6 Å². The molecule has 0 aliphatic carbocycles. The molecule has 3 N–H and O–H groups in total. The number of carbonyl (C=O) groups excluding carboxylic acids is 1. The minimum Gasteiger partial charge on any atom is -0.489 e. The van der Waals surface area contributed by atoms with Crippen molar-refractivity contribution in [1.82, 2.24) is 15.2 Å². The van der Waals surface area contributed by atoms with Crippen LogP contribution in [-0.2, 0) is 6.42 Å². The second-order valence-corrected chi connectivity index (χ2v) is 9.14. The molecule has 0 unspecified atom stereocenters. The SMILES string of the molecule is Nc1ncc(-c2ccc(C(=O)NCCCN3CCCC3)cc2)cc1OCCc1c(F)ccc(F)c1Cl. The Kier molecular flexibility index (Phi) is 8.72. The fraction of sp³-hybridized carbons (Fsp3) is 0.333. The molecule has 0 atom stereocenters. The van der Waals surface area contributed by atoms with Gasteiger partial charge in [-0.1, -0.05) is 23.7 Å². The summed E-state index contributed by atoms with van der Waals surface area (Å²) >= 11 is 5.88. The van der Waals surface area contributed by atoms with Crippen LogP contribution in [0.25, 0.3) is 11.1 Å². The lowest BCUT2D eigenvalue weighted by Crippen LogP contribution is -2.28. The average Bonchev–Trinajstić information content (AvgIpc) is 3.41. The van der Waals surface area contributed by atoms with Crippen LogP contribution in [0.5, 0.6) is 5.75 Å². The number of pyridine rings is 1. The summed E-state index contributed by atoms with van der Waals surface area (Å²) in [6, 6.07) is 10.9. The number of nitrogens with one attached hydrogen (secondary N) is 1. The maximum Gasteiger partial charge on any atom is 0.251 e. The predicted octanol–water partition coefficient (Wildman–Crippen LogP) is 5.10. The summed E-state index contributed by atoms with van der Waals surface area (Å²) in [7, 11) is 0. The molecule has 1 amide bonds. The Morgan fingerprint density at radius 2 is 1.81 bits per heavy atom. The first-order valence-corrected chi connectivity index (χ1v) is 12.4. The number of hydrogen-bond acceptors (Lipinski definition) is 5. The van der Waals surface area contributed by atoms with Crippen LogP contribution >= 0.6 is 11.6 Å². The summed E-state index contributed by atoms with van der Waals surface area (Å²) in [5.41, 5.74) is 8.14. The molecule has 0 bridgehead atoms. The molecular formula is C27H29ClF2N4O2. The predicted molar refractivity (Wildman–Crippen MR) is 137 cm³/mol. The zero-order valence-corrected chi connectivity index (χ0v) is 20.7. The molecule has 0 radical (unpaired) electrons. The topological polar surface area (TPSA) is 80.5 Å². The fourth-order valence-electron chi connectivity index (χ4n) is 4.22. The van der Waals surface area contributed by atoms with Crippen LogP contribution in [-0.4, -0.2) is 48.6 Å². The van der Waals surface area contributed by atoms with Crippen LogP contribution in [0, 0.1) is 11.6 Å². The van der Waals surface area contributed by atoms with Gasteiger partial charge in [0.2, 0.25) is 0 Å². The number of amides is 1. The first kappa shape index (κ1) is 25.9. The molecule has 1 aliphatic heterocycles. The molecule has 2 heterocycles. The van der Waals surface area contributed by atoms with Gasteiger partial charge < -0.3 is 20.7 Å². The molecule has 1 aromatic heterocycles. The van der Waals surface area contributed by atoms with E-state index in [2.05, 4.69) is 15.2 Å². The number of hydrogen-bond donors (Lipinski definition) is 2. The molecule has 190 valence electrons. The lowest BCUT2D eigenvalue weighted by atomic mass is 10.0. The zero-order valence-electron chi connectivity index (χ0n) is 19.9. The largest absolute Gasteiger partial charge is 0.489 e. The van der Waals surface area contributed by atoms with E-state index in [0.29, 0.717) is 17.9 Å². The van der Waals surface area contributed by atoms with Gasteiger partial charge in [0.05, 0.1) is 11.6 Å². The standard InChI is InChI=1S/C27H29ClF2N4O2/c28-25-21(22(29)8-9-23(25)30)10-15-36-24-16-20(17-33-26(24)31)18-4-6-19(7-5-18)27(35)32-11-3-14-34-12-1-2-13-34/h4-9,16-17H,1-3,10-15H2,(H2,31,33)(H,32,35). The maximum atomic E-state index is 14.0. The quantitative estimate of drug-likeness (QED) is 0.291. The molecule has 1 aliphatic rings. The molecule has 36 heavy (non-hydrogen) atoms. The van der Waals surface area contributed by atoms with Crippen molar-refractivity contribution in [3.05, 3.63) is 76.4 Å². The van der Waals surface area contributed by atoms with Crippen molar-refractivity contribution >= 4 is 23.3 Å². The van der Waals surface area contributed by atoms with Crippen LogP contribution in [0.1, 0.15) is 35.2 Å². The lowest BCUT2D eigenvalue weighted by molar-refractivity contribution is 0.0952. The number of ether oxygens (including phenoxy) is 1. The number of aromatic nitrogens is 1. The van der Waals surface area contributed by atoms with Gasteiger partial charge in [-0.15, -0.1) is 0 Å². The molecule has 3 aromatic rings. The first-order valence-electron chi connectivity index (χ1n) is 12.0. The Morgan fingerprint density at radius 3 is 2.56 bits per heavy atom. The number of nitrogens with zero attached hydrogens (tertiary/aromatic N) is 2. The molecule has 2 aromatic carbocycles. The number of anilines is 1. The van der Waals surface area contributed by atoms with Crippen molar-refractivity contribution < 1.29 is 18.3 Å². The summed E-state index contributed by atoms with van der Waals surface area (Å²) in [5, 5.41) is 2.72. The Balaban J connectivity index is 1.33. The minimum atomic E-state index is -0.685. The maximum absolute atomic E-state index is 14.0. The van der Waals surface area contributed by atoms with E-state index in [1.807, 2.05) is 12.1 Å². The number of nitrogen functional groups attached to an aromatic ring is 1. The van der Waals surface area contributed by atoms with Crippen molar-refractivity contribution in [2.75, 3.05) is 38.5 Å². The Bertz CT molecular complexity index is 1200. The highest BCUT2D eigenvalue weighted by Crippen LogP contribution is 2.28. The monoisotopic (exact) mass is 514 g/mol. The van der Waals surface area contributed by atoms with Crippen molar-refractivity contribution in [3.63, 3.8) is 0 Å². The van der Waals surface area contributed by atoms with E-state index in [0.717, 1.165) is 49.3 Å². The molecule has 6 nitrogen and oxygen atoms in total. The van der Waals surface area contributed by atoms with Gasteiger partial charge in [0.1, 0.15) is 11.6 Å². The third-order valence-electron chi connectivity index (χ3n) is 6.25. The third kappa shape index (κ3) is 6.50. The zero-order chi connectivity index (χ0) is 25.5. The van der Waals surface area contributed by atoms with Crippen LogP contribution in [0.15, 0.2) is 48.7 Å². The third-order valence-corrected chi connectivity index (χ3v) is 6.65. The second kappa shape index (κ2) is 12.1. The van der Waals surface area contributed by atoms with Gasteiger partial charge in [0.25, 0.3) is 5.91 Å². The minimum absolute atomic E-state index is 0.0340. The van der Waals surface area contributed by atoms with Crippen molar-refractivity contribution in [3.8, 4) is 16.9 Å². The highest BCUT2D eigenvalue weighted by Gasteiger charge is 2.14. The van der Waals surface area contributed by atoms with Gasteiger partial charge in [0.15, 0.2) is 11.6 Å². The number of halogens is 3. The number of rotatable bonds is 10. The molecule has 9 heteroatoms. The summed E-state index contributed by atoms with van der Waals surface area (Å²) in [5.74, 6) is -0.892. The van der Waals surface area contributed by atoms with Crippen molar-refractivity contribution in [2.24, 2.45) is 0 Å².